The van der Waals surface area contributed by atoms with Gasteiger partial charge in [0, 0.05) is 5.70 Å². The van der Waals surface area contributed by atoms with E-state index >= 15 is 0 Å². The van der Waals surface area contributed by atoms with E-state index in [0.29, 0.717) is 0 Å². The van der Waals surface area contributed by atoms with E-state index in [4.69, 9.17) is 5.73 Å². The van der Waals surface area contributed by atoms with E-state index in [2.05, 4.69) is 19.1 Å². The zero-order valence-corrected chi connectivity index (χ0v) is 15.4. The maximum Gasteiger partial charge on any atom is 0.00371 e. The highest BCUT2D eigenvalue weighted by atomic mass is 14.6. The van der Waals surface area contributed by atoms with Crippen molar-refractivity contribution in [1.82, 2.24) is 0 Å². The number of hydrogen-bond acceptors (Lipinski definition) is 1. The molecule has 0 bridgehead atoms. The minimum atomic E-state index is 1.05. The molecule has 0 aromatic carbocycles. The maximum atomic E-state index is 5.79. The van der Waals surface area contributed by atoms with Gasteiger partial charge >= 0.3 is 0 Å². The molecule has 0 atom stereocenters. The Hall–Kier alpha value is -0.720. The minimum absolute atomic E-state index is 1.05. The van der Waals surface area contributed by atoms with Crippen LogP contribution >= 0.6 is 0 Å². The van der Waals surface area contributed by atoms with E-state index in [1.807, 2.05) is 13.0 Å². The van der Waals surface area contributed by atoms with Crippen LogP contribution in [-0.4, -0.2) is 0 Å². The van der Waals surface area contributed by atoms with Crippen LogP contribution in [-0.2, 0) is 0 Å². The summed E-state index contributed by atoms with van der Waals surface area (Å²) in [6.07, 6.45) is 27.0. The molecule has 0 aromatic heterocycles. The van der Waals surface area contributed by atoms with Crippen molar-refractivity contribution in [2.75, 3.05) is 0 Å². The largest absolute Gasteiger partial charge is 0.402 e. The standard InChI is InChI=1S/C21H41N/c1-3-5-6-7-8-9-10-11-12-13-14-15-16-17-18-19-20-21(22)4-2/h4,11-12H,3,5-10,13-20,22H2,1-2H3/b12-11-,21-4?. The Bertz CT molecular complexity index is 265. The first-order chi connectivity index (χ1) is 10.8. The van der Waals surface area contributed by atoms with Crippen LogP contribution in [0.3, 0.4) is 0 Å². The van der Waals surface area contributed by atoms with Crippen molar-refractivity contribution in [3.63, 3.8) is 0 Å². The van der Waals surface area contributed by atoms with E-state index in [-0.39, 0.29) is 0 Å². The predicted molar refractivity (Wildman–Crippen MR) is 102 cm³/mol. The van der Waals surface area contributed by atoms with Crippen molar-refractivity contribution in [3.8, 4) is 0 Å². The summed E-state index contributed by atoms with van der Waals surface area (Å²) in [5.41, 5.74) is 6.84. The average Bonchev–Trinajstić information content (AvgIpc) is 2.54. The smallest absolute Gasteiger partial charge is 0.00371 e. The van der Waals surface area contributed by atoms with Gasteiger partial charge in [0.2, 0.25) is 0 Å². The van der Waals surface area contributed by atoms with Crippen LogP contribution in [0.4, 0.5) is 0 Å². The number of nitrogens with two attached hydrogens (primary N) is 1. The highest BCUT2D eigenvalue weighted by molar-refractivity contribution is 4.92. The summed E-state index contributed by atoms with van der Waals surface area (Å²) in [4.78, 5) is 0. The molecule has 1 heteroatoms. The highest BCUT2D eigenvalue weighted by Crippen LogP contribution is 2.11. The molecule has 0 spiro atoms. The Morgan fingerprint density at radius 1 is 0.682 bits per heavy atom. The van der Waals surface area contributed by atoms with Gasteiger partial charge in [-0.1, -0.05) is 82.9 Å². The first-order valence-electron chi connectivity index (χ1n) is 9.87. The van der Waals surface area contributed by atoms with Gasteiger partial charge in [-0.2, -0.15) is 0 Å². The second-order valence-corrected chi connectivity index (χ2v) is 6.55. The second-order valence-electron chi connectivity index (χ2n) is 6.55. The summed E-state index contributed by atoms with van der Waals surface area (Å²) in [6, 6.07) is 0. The van der Waals surface area contributed by atoms with E-state index in [0.717, 1.165) is 12.1 Å². The second kappa shape index (κ2) is 18.3. The van der Waals surface area contributed by atoms with E-state index in [1.165, 1.54) is 89.9 Å². The van der Waals surface area contributed by atoms with E-state index < -0.39 is 0 Å². The third-order valence-corrected chi connectivity index (χ3v) is 4.35. The number of allylic oxidation sites excluding steroid dienone is 4. The summed E-state index contributed by atoms with van der Waals surface area (Å²) in [5.74, 6) is 0. The SMILES string of the molecule is CC=C(N)CCCCCCCC/C=C\CCCCCCCC. The topological polar surface area (TPSA) is 26.0 Å². The quantitative estimate of drug-likeness (QED) is 0.235. The zero-order chi connectivity index (χ0) is 16.3. The lowest BCUT2D eigenvalue weighted by molar-refractivity contribution is 0.594. The molecule has 0 aliphatic rings. The van der Waals surface area contributed by atoms with Crippen molar-refractivity contribution < 1.29 is 0 Å². The molecule has 0 fully saturated rings. The predicted octanol–water partition coefficient (Wildman–Crippen LogP) is 7.28. The summed E-state index contributed by atoms with van der Waals surface area (Å²) in [7, 11) is 0. The van der Waals surface area contributed by atoms with Crippen molar-refractivity contribution in [2.45, 2.75) is 110 Å². The number of hydrogen-bond donors (Lipinski definition) is 1. The highest BCUT2D eigenvalue weighted by Gasteiger charge is 1.93. The van der Waals surface area contributed by atoms with Crippen LogP contribution in [0, 0.1) is 0 Å². The third kappa shape index (κ3) is 17.3. The Labute approximate surface area is 140 Å². The molecule has 0 unspecified atom stereocenters. The fraction of sp³-hybridized carbons (Fsp3) is 0.810. The van der Waals surface area contributed by atoms with Crippen molar-refractivity contribution in [3.05, 3.63) is 23.9 Å². The van der Waals surface area contributed by atoms with Gasteiger partial charge in [0.15, 0.2) is 0 Å². The molecule has 0 aliphatic carbocycles. The lowest BCUT2D eigenvalue weighted by atomic mass is 10.1. The lowest BCUT2D eigenvalue weighted by Gasteiger charge is -2.01. The Balaban J connectivity index is 3.11. The number of unbranched alkanes of at least 4 members (excludes halogenated alkanes) is 12. The molecular formula is C21H41N. The van der Waals surface area contributed by atoms with Crippen LogP contribution in [0.15, 0.2) is 23.9 Å². The Morgan fingerprint density at radius 2 is 1.14 bits per heavy atom. The van der Waals surface area contributed by atoms with Crippen LogP contribution < -0.4 is 5.73 Å². The minimum Gasteiger partial charge on any atom is -0.402 e. The molecule has 130 valence electrons. The van der Waals surface area contributed by atoms with Crippen LogP contribution in [0.2, 0.25) is 0 Å². The molecule has 1 nitrogen and oxygen atoms in total. The third-order valence-electron chi connectivity index (χ3n) is 4.35. The molecule has 0 saturated carbocycles. The van der Waals surface area contributed by atoms with E-state index in [1.54, 1.807) is 0 Å². The monoisotopic (exact) mass is 307 g/mol. The molecule has 0 aromatic rings. The summed E-state index contributed by atoms with van der Waals surface area (Å²) in [5, 5.41) is 0. The molecular weight excluding hydrogens is 266 g/mol. The molecule has 2 N–H and O–H groups in total. The van der Waals surface area contributed by atoms with Crippen molar-refractivity contribution in [1.29, 1.82) is 0 Å². The van der Waals surface area contributed by atoms with Crippen LogP contribution in [0.5, 0.6) is 0 Å². The molecule has 0 saturated heterocycles. The summed E-state index contributed by atoms with van der Waals surface area (Å²) in [6.45, 7) is 4.30. The van der Waals surface area contributed by atoms with Crippen LogP contribution in [0.25, 0.3) is 0 Å². The van der Waals surface area contributed by atoms with Gasteiger partial charge in [-0.15, -0.1) is 0 Å². The van der Waals surface area contributed by atoms with Gasteiger partial charge in [0.05, 0.1) is 0 Å². The zero-order valence-electron chi connectivity index (χ0n) is 15.4. The van der Waals surface area contributed by atoms with Crippen molar-refractivity contribution >= 4 is 0 Å². The van der Waals surface area contributed by atoms with Gasteiger partial charge in [-0.3, -0.25) is 0 Å². The molecule has 22 heavy (non-hydrogen) atoms. The average molecular weight is 308 g/mol. The first kappa shape index (κ1) is 21.3. The Morgan fingerprint density at radius 3 is 1.64 bits per heavy atom. The van der Waals surface area contributed by atoms with Crippen molar-refractivity contribution in [2.24, 2.45) is 5.73 Å². The molecule has 0 radical (unpaired) electrons. The summed E-state index contributed by atoms with van der Waals surface area (Å²) < 4.78 is 0. The van der Waals surface area contributed by atoms with Gasteiger partial charge < -0.3 is 5.73 Å². The maximum absolute atomic E-state index is 5.79. The molecule has 0 heterocycles. The van der Waals surface area contributed by atoms with Gasteiger partial charge in [0.25, 0.3) is 0 Å². The molecule has 0 rings (SSSR count). The Kier molecular flexibility index (Phi) is 17.7. The molecule has 0 amide bonds. The van der Waals surface area contributed by atoms with Gasteiger partial charge in [-0.05, 0) is 45.4 Å². The number of rotatable bonds is 16. The fourth-order valence-corrected chi connectivity index (χ4v) is 2.72. The van der Waals surface area contributed by atoms with Gasteiger partial charge in [0.1, 0.15) is 0 Å². The normalized spacial score (nSPS) is 12.4. The molecule has 0 aliphatic heterocycles. The first-order valence-corrected chi connectivity index (χ1v) is 9.87. The summed E-state index contributed by atoms with van der Waals surface area (Å²) >= 11 is 0. The lowest BCUT2D eigenvalue weighted by Crippen LogP contribution is -1.95. The van der Waals surface area contributed by atoms with E-state index in [9.17, 15) is 0 Å². The van der Waals surface area contributed by atoms with Crippen LogP contribution in [0.1, 0.15) is 110 Å². The van der Waals surface area contributed by atoms with Gasteiger partial charge in [-0.25, -0.2) is 0 Å². The fourth-order valence-electron chi connectivity index (χ4n) is 2.72.